The second-order valence-corrected chi connectivity index (χ2v) is 5.21. The molecule has 1 aromatic heterocycles. The van der Waals surface area contributed by atoms with Gasteiger partial charge >= 0.3 is 5.69 Å². The molecule has 2 aromatic rings. The van der Waals surface area contributed by atoms with Crippen molar-refractivity contribution in [2.75, 3.05) is 19.7 Å². The monoisotopic (exact) mass is 294 g/mol. The van der Waals surface area contributed by atoms with Gasteiger partial charge in [-0.25, -0.2) is 9.89 Å². The van der Waals surface area contributed by atoms with Crippen LogP contribution in [0.4, 0.5) is 0 Å². The second kappa shape index (κ2) is 5.78. The minimum absolute atomic E-state index is 0.0201. The van der Waals surface area contributed by atoms with E-state index in [0.717, 1.165) is 23.7 Å². The van der Waals surface area contributed by atoms with Crippen molar-refractivity contribution in [1.29, 1.82) is 0 Å². The number of benzene rings is 1. The van der Waals surface area contributed by atoms with Crippen molar-refractivity contribution in [2.24, 2.45) is 0 Å². The third-order valence-corrected chi connectivity index (χ3v) is 3.57. The van der Waals surface area contributed by atoms with Crippen LogP contribution >= 0.6 is 11.6 Å². The van der Waals surface area contributed by atoms with E-state index >= 15 is 0 Å². The van der Waals surface area contributed by atoms with Crippen LogP contribution in [0.15, 0.2) is 29.1 Å². The summed E-state index contributed by atoms with van der Waals surface area (Å²) in [5.74, 6) is 0.645. The summed E-state index contributed by atoms with van der Waals surface area (Å²) in [6.45, 7) is 2.84. The third-order valence-electron chi connectivity index (χ3n) is 3.32. The number of halogens is 1. The van der Waals surface area contributed by atoms with Crippen molar-refractivity contribution < 1.29 is 4.74 Å². The van der Waals surface area contributed by atoms with Crippen LogP contribution in [0.3, 0.4) is 0 Å². The number of nitrogens with one attached hydrogen (secondary N) is 2. The predicted molar refractivity (Wildman–Crippen MR) is 74.6 cm³/mol. The molecule has 1 aromatic carbocycles. The molecule has 2 heterocycles. The zero-order valence-electron chi connectivity index (χ0n) is 10.8. The van der Waals surface area contributed by atoms with Crippen LogP contribution in [-0.2, 0) is 11.3 Å². The highest BCUT2D eigenvalue weighted by molar-refractivity contribution is 6.30. The van der Waals surface area contributed by atoms with Crippen LogP contribution in [0.2, 0.25) is 5.02 Å². The van der Waals surface area contributed by atoms with E-state index in [1.807, 2.05) is 24.3 Å². The van der Waals surface area contributed by atoms with Crippen molar-refractivity contribution in [2.45, 2.75) is 12.6 Å². The van der Waals surface area contributed by atoms with Crippen LogP contribution in [0.1, 0.15) is 17.5 Å². The number of rotatable bonds is 3. The van der Waals surface area contributed by atoms with Crippen LogP contribution in [-0.4, -0.2) is 39.8 Å². The number of aromatic nitrogens is 3. The highest BCUT2D eigenvalue weighted by Crippen LogP contribution is 2.24. The van der Waals surface area contributed by atoms with E-state index in [1.165, 1.54) is 0 Å². The molecular formula is C13H15ClN4O2. The van der Waals surface area contributed by atoms with Crippen molar-refractivity contribution >= 4 is 11.6 Å². The average molecular weight is 295 g/mol. The van der Waals surface area contributed by atoms with Crippen molar-refractivity contribution in [3.8, 4) is 0 Å². The van der Waals surface area contributed by atoms with E-state index in [1.54, 1.807) is 0 Å². The predicted octanol–water partition coefficient (Wildman–Crippen LogP) is 1.32. The molecule has 20 heavy (non-hydrogen) atoms. The summed E-state index contributed by atoms with van der Waals surface area (Å²) < 4.78 is 5.79. The first kappa shape index (κ1) is 13.4. The first-order valence-corrected chi connectivity index (χ1v) is 6.81. The number of nitrogens with zero attached hydrogens (tertiary/aromatic N) is 2. The Morgan fingerprint density at radius 2 is 2.20 bits per heavy atom. The first-order chi connectivity index (χ1) is 9.70. The Labute approximate surface area is 120 Å². The second-order valence-electron chi connectivity index (χ2n) is 4.77. The third kappa shape index (κ3) is 3.09. The van der Waals surface area contributed by atoms with Crippen LogP contribution in [0.5, 0.6) is 0 Å². The molecule has 1 fully saturated rings. The zero-order valence-corrected chi connectivity index (χ0v) is 11.6. The lowest BCUT2D eigenvalue weighted by atomic mass is 10.1. The maximum absolute atomic E-state index is 11.0. The summed E-state index contributed by atoms with van der Waals surface area (Å²) in [7, 11) is 0. The number of ether oxygens (including phenoxy) is 1. The van der Waals surface area contributed by atoms with Crippen LogP contribution < -0.4 is 5.69 Å². The van der Waals surface area contributed by atoms with Gasteiger partial charge in [0.25, 0.3) is 0 Å². The smallest absolute Gasteiger partial charge is 0.340 e. The summed E-state index contributed by atoms with van der Waals surface area (Å²) in [5.41, 5.74) is 0.831. The molecule has 0 unspecified atom stereocenters. The molecule has 3 rings (SSSR count). The first-order valence-electron chi connectivity index (χ1n) is 6.44. The molecule has 0 saturated carbocycles. The Morgan fingerprint density at radius 3 is 2.90 bits per heavy atom. The molecule has 0 aliphatic carbocycles. The Kier molecular flexibility index (Phi) is 3.86. The maximum atomic E-state index is 11.0. The summed E-state index contributed by atoms with van der Waals surface area (Å²) >= 11 is 5.89. The fourth-order valence-corrected chi connectivity index (χ4v) is 2.44. The van der Waals surface area contributed by atoms with E-state index in [4.69, 9.17) is 16.3 Å². The van der Waals surface area contributed by atoms with Gasteiger partial charge in [0.2, 0.25) is 0 Å². The van der Waals surface area contributed by atoms with Gasteiger partial charge in [-0.15, -0.1) is 0 Å². The lowest BCUT2D eigenvalue weighted by Gasteiger charge is -2.32. The summed E-state index contributed by atoms with van der Waals surface area (Å²) in [6, 6.07) is 7.69. The highest BCUT2D eigenvalue weighted by atomic mass is 35.5. The average Bonchev–Trinajstić information content (AvgIpc) is 2.85. The van der Waals surface area contributed by atoms with E-state index in [-0.39, 0.29) is 11.8 Å². The number of aromatic amines is 2. The topological polar surface area (TPSA) is 74.0 Å². The molecule has 1 saturated heterocycles. The van der Waals surface area contributed by atoms with E-state index < -0.39 is 0 Å². The molecule has 0 spiro atoms. The molecule has 1 aliphatic heterocycles. The number of morpholine rings is 1. The van der Waals surface area contributed by atoms with Gasteiger partial charge in [0.15, 0.2) is 0 Å². The Balaban J connectivity index is 1.67. The maximum Gasteiger partial charge on any atom is 0.340 e. The van der Waals surface area contributed by atoms with Crippen LogP contribution in [0, 0.1) is 0 Å². The van der Waals surface area contributed by atoms with Gasteiger partial charge in [-0.2, -0.15) is 5.10 Å². The van der Waals surface area contributed by atoms with E-state index in [2.05, 4.69) is 20.1 Å². The Bertz CT molecular complexity index is 622. The van der Waals surface area contributed by atoms with Crippen molar-refractivity contribution in [3.05, 3.63) is 51.2 Å². The van der Waals surface area contributed by atoms with Gasteiger partial charge in [-0.1, -0.05) is 23.7 Å². The fraction of sp³-hybridized carbons (Fsp3) is 0.385. The molecule has 2 N–H and O–H groups in total. The van der Waals surface area contributed by atoms with Gasteiger partial charge in [0, 0.05) is 18.1 Å². The molecule has 6 nitrogen and oxygen atoms in total. The van der Waals surface area contributed by atoms with Gasteiger partial charge in [0.05, 0.1) is 19.3 Å². The van der Waals surface area contributed by atoms with Gasteiger partial charge in [-0.05, 0) is 17.7 Å². The molecular weight excluding hydrogens is 280 g/mol. The number of H-pyrrole nitrogens is 2. The number of hydrogen-bond acceptors (Lipinski definition) is 4. The molecule has 0 radical (unpaired) electrons. The molecule has 0 bridgehead atoms. The summed E-state index contributed by atoms with van der Waals surface area (Å²) in [4.78, 5) is 15.9. The fourth-order valence-electron chi connectivity index (χ4n) is 2.32. The molecule has 7 heteroatoms. The SMILES string of the molecule is O=c1[nH]nc(CN2CCO[C@H](c3ccc(Cl)cc3)C2)[nH]1. The summed E-state index contributed by atoms with van der Waals surface area (Å²) in [5, 5.41) is 7.02. The minimum Gasteiger partial charge on any atom is -0.371 e. The molecule has 106 valence electrons. The Hall–Kier alpha value is -1.63. The largest absolute Gasteiger partial charge is 0.371 e. The normalized spacial score (nSPS) is 20.1. The molecule has 0 amide bonds. The lowest BCUT2D eigenvalue weighted by Crippen LogP contribution is -2.38. The van der Waals surface area contributed by atoms with Gasteiger partial charge in [-0.3, -0.25) is 9.88 Å². The zero-order chi connectivity index (χ0) is 13.9. The van der Waals surface area contributed by atoms with Crippen molar-refractivity contribution in [3.63, 3.8) is 0 Å². The van der Waals surface area contributed by atoms with Crippen LogP contribution in [0.25, 0.3) is 0 Å². The molecule has 1 atom stereocenters. The van der Waals surface area contributed by atoms with E-state index in [9.17, 15) is 4.79 Å². The quantitative estimate of drug-likeness (QED) is 0.895. The molecule has 1 aliphatic rings. The van der Waals surface area contributed by atoms with Gasteiger partial charge < -0.3 is 4.74 Å². The standard InChI is InChI=1S/C13H15ClN4O2/c14-10-3-1-9(2-4-10)11-7-18(5-6-20-11)8-12-15-13(19)17-16-12/h1-4,11H,5-8H2,(H2,15,16,17,19)/t11-/m0/s1. The lowest BCUT2D eigenvalue weighted by molar-refractivity contribution is -0.0336. The van der Waals surface area contributed by atoms with E-state index in [0.29, 0.717) is 19.0 Å². The number of hydrogen-bond donors (Lipinski definition) is 2. The summed E-state index contributed by atoms with van der Waals surface area (Å²) in [6.07, 6.45) is 0.0201. The minimum atomic E-state index is -0.275. The Morgan fingerprint density at radius 1 is 1.40 bits per heavy atom. The van der Waals surface area contributed by atoms with Crippen molar-refractivity contribution in [1.82, 2.24) is 20.1 Å². The highest BCUT2D eigenvalue weighted by Gasteiger charge is 2.22. The van der Waals surface area contributed by atoms with Gasteiger partial charge in [0.1, 0.15) is 5.82 Å².